The van der Waals surface area contributed by atoms with Crippen LogP contribution in [0.4, 0.5) is 5.95 Å². The van der Waals surface area contributed by atoms with Crippen LogP contribution < -0.4 is 9.03 Å². The van der Waals surface area contributed by atoms with Gasteiger partial charge < -0.3 is 0 Å². The molecule has 0 atom stereocenters. The molecule has 9 heteroatoms. The van der Waals surface area contributed by atoms with E-state index >= 15 is 0 Å². The highest BCUT2D eigenvalue weighted by molar-refractivity contribution is 7.91. The number of hydrogen-bond donors (Lipinski definition) is 1. The number of nitrogens with one attached hydrogen (secondary N) is 1. The Labute approximate surface area is 179 Å². The lowest BCUT2D eigenvalue weighted by Gasteiger charge is -2.18. The molecule has 1 N–H and O–H groups in total. The van der Waals surface area contributed by atoms with Crippen molar-refractivity contribution >= 4 is 39.4 Å². The number of nitrogens with zero attached hydrogens (tertiary/aromatic N) is 3. The van der Waals surface area contributed by atoms with Crippen LogP contribution in [0.3, 0.4) is 0 Å². The van der Waals surface area contributed by atoms with Crippen molar-refractivity contribution in [1.82, 2.24) is 14.7 Å². The van der Waals surface area contributed by atoms with Gasteiger partial charge in [0.2, 0.25) is 5.95 Å². The molecule has 0 bridgehead atoms. The minimum Gasteiger partial charge on any atom is -0.223 e. The fourth-order valence-electron chi connectivity index (χ4n) is 3.22. The molecule has 1 aliphatic rings. The lowest BCUT2D eigenvalue weighted by Crippen LogP contribution is -2.36. The number of hydrogen-bond acceptors (Lipinski definition) is 4. The molecule has 0 amide bonds. The van der Waals surface area contributed by atoms with Gasteiger partial charge in [0.25, 0.3) is 0 Å². The van der Waals surface area contributed by atoms with E-state index in [0.717, 1.165) is 16.7 Å². The van der Waals surface area contributed by atoms with E-state index in [2.05, 4.69) is 14.7 Å². The van der Waals surface area contributed by atoms with Gasteiger partial charge in [-0.05, 0) is 43.7 Å². The molecule has 1 aromatic heterocycles. The molecule has 3 aromatic rings. The topological polar surface area (TPSA) is 75.2 Å². The van der Waals surface area contributed by atoms with Crippen LogP contribution in [0.5, 0.6) is 0 Å². The maximum Gasteiger partial charge on any atom is 0.304 e. The predicted octanol–water partition coefficient (Wildman–Crippen LogP) is 4.55. The summed E-state index contributed by atoms with van der Waals surface area (Å²) >= 11 is 12.1. The fourth-order valence-corrected chi connectivity index (χ4v) is 5.14. The first kappa shape index (κ1) is 20.1. The predicted molar refractivity (Wildman–Crippen MR) is 116 cm³/mol. The summed E-state index contributed by atoms with van der Waals surface area (Å²) in [7, 11) is -3.72. The standard InChI is InChI=1S/C20H18Cl2N4O2S/c1-20(2)12-26(29(27,28)25-20)19-23-11-17(13-3-7-15(21)8-4-13)18(24-19)14-5-9-16(22)10-6-14/h3-11,25H,12H2,1-2H3. The van der Waals surface area contributed by atoms with E-state index < -0.39 is 15.7 Å². The third-order valence-corrected chi connectivity index (χ3v) is 6.69. The average Bonchev–Trinajstić information content (AvgIpc) is 2.90. The van der Waals surface area contributed by atoms with Gasteiger partial charge in [-0.1, -0.05) is 47.5 Å². The van der Waals surface area contributed by atoms with Gasteiger partial charge in [0.15, 0.2) is 0 Å². The van der Waals surface area contributed by atoms with Gasteiger partial charge in [-0.15, -0.1) is 0 Å². The average molecular weight is 449 g/mol. The Kier molecular flexibility index (Phi) is 5.02. The Morgan fingerprint density at radius 3 is 2.03 bits per heavy atom. The molecule has 2 aromatic carbocycles. The van der Waals surface area contributed by atoms with E-state index in [9.17, 15) is 8.42 Å². The SMILES string of the molecule is CC1(C)CN(c2ncc(-c3ccc(Cl)cc3)c(-c3ccc(Cl)cc3)n2)S(=O)(=O)N1. The summed E-state index contributed by atoms with van der Waals surface area (Å²) in [6, 6.07) is 14.5. The molecule has 0 radical (unpaired) electrons. The third kappa shape index (κ3) is 4.09. The number of anilines is 1. The van der Waals surface area contributed by atoms with Crippen LogP contribution in [0.1, 0.15) is 13.8 Å². The van der Waals surface area contributed by atoms with Crippen molar-refractivity contribution in [3.8, 4) is 22.4 Å². The second kappa shape index (κ2) is 7.25. The normalized spacial score (nSPS) is 17.4. The maximum absolute atomic E-state index is 12.6. The highest BCUT2D eigenvalue weighted by Crippen LogP contribution is 2.34. The summed E-state index contributed by atoms with van der Waals surface area (Å²) < 4.78 is 28.9. The van der Waals surface area contributed by atoms with Crippen LogP contribution in [-0.4, -0.2) is 30.5 Å². The molecule has 0 saturated carbocycles. The first-order valence-corrected chi connectivity index (χ1v) is 11.0. The molecule has 1 fully saturated rings. The van der Waals surface area contributed by atoms with Crippen LogP contribution in [0, 0.1) is 0 Å². The Bertz CT molecular complexity index is 1160. The largest absolute Gasteiger partial charge is 0.304 e. The van der Waals surface area contributed by atoms with Gasteiger partial charge in [-0.3, -0.25) is 0 Å². The summed E-state index contributed by atoms with van der Waals surface area (Å²) in [5.41, 5.74) is 2.42. The van der Waals surface area contributed by atoms with Crippen LogP contribution in [-0.2, 0) is 10.2 Å². The monoisotopic (exact) mass is 448 g/mol. The minimum atomic E-state index is -3.72. The molecule has 2 heterocycles. The molecule has 0 spiro atoms. The molecule has 4 rings (SSSR count). The van der Waals surface area contributed by atoms with E-state index in [1.807, 2.05) is 38.1 Å². The zero-order chi connectivity index (χ0) is 20.8. The van der Waals surface area contributed by atoms with Crippen molar-refractivity contribution in [2.45, 2.75) is 19.4 Å². The van der Waals surface area contributed by atoms with Crippen molar-refractivity contribution in [1.29, 1.82) is 0 Å². The third-order valence-electron chi connectivity index (χ3n) is 4.51. The smallest absolute Gasteiger partial charge is 0.223 e. The molecular formula is C20H18Cl2N4O2S. The van der Waals surface area contributed by atoms with Crippen LogP contribution in [0.15, 0.2) is 54.7 Å². The molecule has 150 valence electrons. The van der Waals surface area contributed by atoms with Gasteiger partial charge in [0.1, 0.15) is 0 Å². The van der Waals surface area contributed by atoms with Crippen LogP contribution >= 0.6 is 23.2 Å². The molecule has 6 nitrogen and oxygen atoms in total. The Hall–Kier alpha value is -2.19. The first-order valence-electron chi connectivity index (χ1n) is 8.85. The number of halogens is 2. The van der Waals surface area contributed by atoms with Gasteiger partial charge >= 0.3 is 10.2 Å². The van der Waals surface area contributed by atoms with E-state index in [0.29, 0.717) is 15.7 Å². The lowest BCUT2D eigenvalue weighted by atomic mass is 10.0. The summed E-state index contributed by atoms with van der Waals surface area (Å²) in [4.78, 5) is 9.00. The highest BCUT2D eigenvalue weighted by atomic mass is 35.5. The second-order valence-corrected chi connectivity index (χ2v) is 9.91. The van der Waals surface area contributed by atoms with Crippen molar-refractivity contribution < 1.29 is 8.42 Å². The molecule has 1 saturated heterocycles. The van der Waals surface area contributed by atoms with E-state index in [1.165, 1.54) is 4.31 Å². The summed E-state index contributed by atoms with van der Waals surface area (Å²) in [6.07, 6.45) is 1.64. The van der Waals surface area contributed by atoms with E-state index in [-0.39, 0.29) is 12.5 Å². The Balaban J connectivity index is 1.88. The minimum absolute atomic E-state index is 0.116. The number of aromatic nitrogens is 2. The molecule has 0 aliphatic carbocycles. The second-order valence-electron chi connectivity index (χ2n) is 7.44. The lowest BCUT2D eigenvalue weighted by molar-refractivity contribution is 0.507. The number of benzene rings is 2. The Morgan fingerprint density at radius 1 is 0.966 bits per heavy atom. The Morgan fingerprint density at radius 2 is 1.52 bits per heavy atom. The zero-order valence-electron chi connectivity index (χ0n) is 15.7. The highest BCUT2D eigenvalue weighted by Gasteiger charge is 2.42. The first-order chi connectivity index (χ1) is 13.6. The van der Waals surface area contributed by atoms with E-state index in [1.54, 1.807) is 30.5 Å². The van der Waals surface area contributed by atoms with Crippen molar-refractivity contribution in [2.75, 3.05) is 10.8 Å². The van der Waals surface area contributed by atoms with Gasteiger partial charge in [0.05, 0.1) is 12.2 Å². The molecule has 0 unspecified atom stereocenters. The van der Waals surface area contributed by atoms with Crippen LogP contribution in [0.25, 0.3) is 22.4 Å². The fraction of sp³-hybridized carbons (Fsp3) is 0.200. The van der Waals surface area contributed by atoms with Gasteiger partial charge in [-0.2, -0.15) is 13.1 Å². The molecule has 1 aliphatic heterocycles. The van der Waals surface area contributed by atoms with E-state index in [4.69, 9.17) is 23.2 Å². The van der Waals surface area contributed by atoms with Crippen molar-refractivity contribution in [3.05, 3.63) is 64.8 Å². The van der Waals surface area contributed by atoms with Crippen molar-refractivity contribution in [2.24, 2.45) is 0 Å². The van der Waals surface area contributed by atoms with Crippen molar-refractivity contribution in [3.63, 3.8) is 0 Å². The molecule has 29 heavy (non-hydrogen) atoms. The quantitative estimate of drug-likeness (QED) is 0.637. The summed E-state index contributed by atoms with van der Waals surface area (Å²) in [6.45, 7) is 3.86. The van der Waals surface area contributed by atoms with Gasteiger partial charge in [0, 0.05) is 32.9 Å². The zero-order valence-corrected chi connectivity index (χ0v) is 18.1. The molecular weight excluding hydrogens is 431 g/mol. The maximum atomic E-state index is 12.6. The summed E-state index contributed by atoms with van der Waals surface area (Å²) in [5.74, 6) is 0.116. The van der Waals surface area contributed by atoms with Gasteiger partial charge in [-0.25, -0.2) is 14.3 Å². The summed E-state index contributed by atoms with van der Waals surface area (Å²) in [5, 5.41) is 1.22. The number of rotatable bonds is 3. The van der Waals surface area contributed by atoms with Crippen LogP contribution in [0.2, 0.25) is 10.0 Å².